The quantitative estimate of drug-likeness (QED) is 0.854. The molecule has 0 bridgehead atoms. The zero-order valence-electron chi connectivity index (χ0n) is 11.1. The van der Waals surface area contributed by atoms with Crippen molar-refractivity contribution in [2.24, 2.45) is 17.1 Å². The van der Waals surface area contributed by atoms with Crippen LogP contribution in [0.3, 0.4) is 0 Å². The van der Waals surface area contributed by atoms with E-state index in [9.17, 15) is 13.6 Å². The first-order valence-electron chi connectivity index (χ1n) is 6.69. The maximum atomic E-state index is 13.8. The number of halogens is 2. The third-order valence-electron chi connectivity index (χ3n) is 4.30. The molecule has 1 aromatic carbocycles. The Morgan fingerprint density at radius 2 is 2.00 bits per heavy atom. The predicted octanol–water partition coefficient (Wildman–Crippen LogP) is 3.30. The highest BCUT2D eigenvalue weighted by Crippen LogP contribution is 2.41. The van der Waals surface area contributed by atoms with E-state index >= 15 is 0 Å². The molecule has 0 atom stereocenters. The number of hydrogen-bond acceptors (Lipinski definition) is 2. The van der Waals surface area contributed by atoms with E-state index in [1.54, 1.807) is 0 Å². The van der Waals surface area contributed by atoms with E-state index in [4.69, 9.17) is 5.73 Å². The molecule has 2 rings (SSSR count). The Morgan fingerprint density at radius 1 is 1.37 bits per heavy atom. The van der Waals surface area contributed by atoms with Crippen LogP contribution < -0.4 is 5.73 Å². The van der Waals surface area contributed by atoms with Crippen LogP contribution in [0.2, 0.25) is 0 Å². The molecule has 104 valence electrons. The molecule has 0 spiro atoms. The lowest BCUT2D eigenvalue weighted by Crippen LogP contribution is -2.42. The Hall–Kier alpha value is -1.29. The van der Waals surface area contributed by atoms with Crippen LogP contribution in [-0.2, 0) is 0 Å². The summed E-state index contributed by atoms with van der Waals surface area (Å²) in [5.74, 6) is -1.83. The topological polar surface area (TPSA) is 43.1 Å². The maximum Gasteiger partial charge on any atom is 0.173 e. The van der Waals surface area contributed by atoms with E-state index < -0.39 is 17.0 Å². The van der Waals surface area contributed by atoms with Gasteiger partial charge in [-0.1, -0.05) is 13.0 Å². The van der Waals surface area contributed by atoms with Gasteiger partial charge in [0.05, 0.1) is 5.56 Å². The van der Waals surface area contributed by atoms with Crippen LogP contribution in [0.25, 0.3) is 0 Å². The molecular formula is C15H19F2NO. The first-order chi connectivity index (χ1) is 9.00. The highest BCUT2D eigenvalue weighted by atomic mass is 19.2. The second-order valence-corrected chi connectivity index (χ2v) is 5.60. The van der Waals surface area contributed by atoms with Crippen molar-refractivity contribution < 1.29 is 13.6 Å². The Kier molecular flexibility index (Phi) is 3.99. The normalized spacial score (nSPS) is 27.3. The number of carbonyl (C=O) groups excluding carboxylic acids is 1. The third-order valence-corrected chi connectivity index (χ3v) is 4.30. The van der Waals surface area contributed by atoms with E-state index in [0.29, 0.717) is 18.8 Å². The van der Waals surface area contributed by atoms with E-state index in [-0.39, 0.29) is 17.9 Å². The van der Waals surface area contributed by atoms with Gasteiger partial charge in [-0.15, -0.1) is 0 Å². The zero-order chi connectivity index (χ0) is 14.0. The van der Waals surface area contributed by atoms with E-state index in [1.165, 1.54) is 12.1 Å². The molecule has 1 aliphatic carbocycles. The standard InChI is InChI=1S/C15H19F2NO/c1-10-5-7-15(9-18,8-6-10)14(19)11-3-2-4-12(16)13(11)17/h2-4,10H,5-9,18H2,1H3. The molecule has 1 fully saturated rings. The van der Waals surface area contributed by atoms with Gasteiger partial charge in [0.25, 0.3) is 0 Å². The summed E-state index contributed by atoms with van der Waals surface area (Å²) in [6.45, 7) is 2.32. The monoisotopic (exact) mass is 267 g/mol. The number of nitrogens with two attached hydrogens (primary N) is 1. The molecule has 1 aromatic rings. The molecule has 0 amide bonds. The SMILES string of the molecule is CC1CCC(CN)(C(=O)c2cccc(F)c2F)CC1. The lowest BCUT2D eigenvalue weighted by Gasteiger charge is -2.37. The van der Waals surface area contributed by atoms with Crippen molar-refractivity contribution in [2.75, 3.05) is 6.54 Å². The summed E-state index contributed by atoms with van der Waals surface area (Å²) in [5, 5.41) is 0. The molecule has 0 aliphatic heterocycles. The molecule has 2 nitrogen and oxygen atoms in total. The molecule has 19 heavy (non-hydrogen) atoms. The average Bonchev–Trinajstić information content (AvgIpc) is 2.42. The van der Waals surface area contributed by atoms with E-state index in [0.717, 1.165) is 18.9 Å². The van der Waals surface area contributed by atoms with Crippen molar-refractivity contribution in [1.82, 2.24) is 0 Å². The summed E-state index contributed by atoms with van der Waals surface area (Å²) in [6, 6.07) is 3.72. The van der Waals surface area contributed by atoms with Gasteiger partial charge in [-0.25, -0.2) is 8.78 Å². The van der Waals surface area contributed by atoms with Crippen molar-refractivity contribution in [3.8, 4) is 0 Å². The van der Waals surface area contributed by atoms with Crippen molar-refractivity contribution in [3.05, 3.63) is 35.4 Å². The Labute approximate surface area is 112 Å². The van der Waals surface area contributed by atoms with Crippen LogP contribution in [0, 0.1) is 23.0 Å². The minimum atomic E-state index is -1.06. The smallest absolute Gasteiger partial charge is 0.173 e. The fourth-order valence-electron chi connectivity index (χ4n) is 2.80. The Bertz CT molecular complexity index is 479. The van der Waals surface area contributed by atoms with Gasteiger partial charge >= 0.3 is 0 Å². The van der Waals surface area contributed by atoms with Gasteiger partial charge < -0.3 is 5.73 Å². The van der Waals surface area contributed by atoms with Gasteiger partial charge in [0, 0.05) is 12.0 Å². The van der Waals surface area contributed by atoms with Crippen LogP contribution in [0.5, 0.6) is 0 Å². The third kappa shape index (κ3) is 2.54. The zero-order valence-corrected chi connectivity index (χ0v) is 11.1. The number of benzene rings is 1. The second-order valence-electron chi connectivity index (χ2n) is 5.60. The molecule has 1 aliphatic rings. The van der Waals surface area contributed by atoms with Crippen LogP contribution in [-0.4, -0.2) is 12.3 Å². The van der Waals surface area contributed by atoms with Gasteiger partial charge in [-0.2, -0.15) is 0 Å². The maximum absolute atomic E-state index is 13.8. The molecule has 1 saturated carbocycles. The second kappa shape index (κ2) is 5.37. The summed E-state index contributed by atoms with van der Waals surface area (Å²) in [7, 11) is 0. The van der Waals surface area contributed by atoms with E-state index in [2.05, 4.69) is 6.92 Å². The number of Topliss-reactive ketones (excluding diaryl/α,β-unsaturated/α-hetero) is 1. The fraction of sp³-hybridized carbons (Fsp3) is 0.533. The highest BCUT2D eigenvalue weighted by molar-refractivity contribution is 6.01. The summed E-state index contributed by atoms with van der Waals surface area (Å²) in [6.07, 6.45) is 3.11. The van der Waals surface area contributed by atoms with Gasteiger partial charge in [0.15, 0.2) is 17.4 Å². The fourth-order valence-corrected chi connectivity index (χ4v) is 2.80. The molecule has 0 unspecified atom stereocenters. The highest BCUT2D eigenvalue weighted by Gasteiger charge is 2.41. The van der Waals surface area contributed by atoms with Gasteiger partial charge in [-0.3, -0.25) is 4.79 Å². The van der Waals surface area contributed by atoms with Crippen molar-refractivity contribution in [1.29, 1.82) is 0 Å². The van der Waals surface area contributed by atoms with Gasteiger partial charge in [0.1, 0.15) is 0 Å². The molecule has 0 aromatic heterocycles. The Balaban J connectivity index is 2.33. The summed E-state index contributed by atoms with van der Waals surface area (Å²) in [5.41, 5.74) is 4.89. The first kappa shape index (κ1) is 14.1. The van der Waals surface area contributed by atoms with Crippen molar-refractivity contribution in [3.63, 3.8) is 0 Å². The van der Waals surface area contributed by atoms with E-state index in [1.807, 2.05) is 0 Å². The van der Waals surface area contributed by atoms with Crippen molar-refractivity contribution in [2.45, 2.75) is 32.6 Å². The Morgan fingerprint density at radius 3 is 2.58 bits per heavy atom. The van der Waals surface area contributed by atoms with Crippen molar-refractivity contribution >= 4 is 5.78 Å². The number of ketones is 1. The first-order valence-corrected chi connectivity index (χ1v) is 6.69. The molecule has 2 N–H and O–H groups in total. The minimum Gasteiger partial charge on any atom is -0.329 e. The summed E-state index contributed by atoms with van der Waals surface area (Å²) < 4.78 is 27.0. The van der Waals surface area contributed by atoms with Crippen LogP contribution in [0.4, 0.5) is 8.78 Å². The van der Waals surface area contributed by atoms with Crippen LogP contribution in [0.15, 0.2) is 18.2 Å². The number of carbonyl (C=O) groups is 1. The largest absolute Gasteiger partial charge is 0.329 e. The lowest BCUT2D eigenvalue weighted by atomic mass is 9.67. The van der Waals surface area contributed by atoms with Crippen LogP contribution >= 0.6 is 0 Å². The number of rotatable bonds is 3. The molecular weight excluding hydrogens is 248 g/mol. The average molecular weight is 267 g/mol. The molecule has 0 saturated heterocycles. The molecule has 0 heterocycles. The predicted molar refractivity (Wildman–Crippen MR) is 69.8 cm³/mol. The van der Waals surface area contributed by atoms with Gasteiger partial charge in [-0.05, 0) is 43.7 Å². The summed E-state index contributed by atoms with van der Waals surface area (Å²) >= 11 is 0. The molecule has 0 radical (unpaired) electrons. The minimum absolute atomic E-state index is 0.167. The van der Waals surface area contributed by atoms with Gasteiger partial charge in [0.2, 0.25) is 0 Å². The lowest BCUT2D eigenvalue weighted by molar-refractivity contribution is 0.0690. The van der Waals surface area contributed by atoms with Crippen LogP contribution in [0.1, 0.15) is 43.0 Å². The molecule has 4 heteroatoms. The number of hydrogen-bond donors (Lipinski definition) is 1. The summed E-state index contributed by atoms with van der Waals surface area (Å²) in [4.78, 5) is 12.5.